The molecular weight excluding hydrogens is 368 g/mol. The average molecular weight is 417 g/mol. The molecule has 0 aromatic heterocycles. The lowest BCUT2D eigenvalue weighted by atomic mass is 9.49. The maximum atomic E-state index is 10.9. The van der Waals surface area contributed by atoms with Crippen LogP contribution in [0.3, 0.4) is 0 Å². The fraction of sp³-hybridized carbons (Fsp3) is 0.929. The van der Waals surface area contributed by atoms with E-state index in [9.17, 15) is 10.2 Å². The van der Waals surface area contributed by atoms with Crippen LogP contribution in [-0.4, -0.2) is 21.9 Å². The van der Waals surface area contributed by atoms with Crippen LogP contribution < -0.4 is 0 Å². The standard InChI is InChI=1S/C28H48O2/c1-6-28(30)16-15-27(5)20(17-28)8-9-24-23-11-10-21(22(23)12-13-25(24)27)19(4)7-14-26(29)18(2)3/h8,18-19,21-26,29-30H,6-7,9-17H2,1-5H3/t19-,21-,22-,23?,24?,25?,26-,27+,28+/m1/s1. The van der Waals surface area contributed by atoms with Gasteiger partial charge in [0, 0.05) is 0 Å². The fourth-order valence-electron chi connectivity index (χ4n) is 8.40. The van der Waals surface area contributed by atoms with Gasteiger partial charge in [-0.15, -0.1) is 0 Å². The van der Waals surface area contributed by atoms with E-state index >= 15 is 0 Å². The summed E-state index contributed by atoms with van der Waals surface area (Å²) in [5.74, 6) is 5.59. The molecule has 0 radical (unpaired) electrons. The van der Waals surface area contributed by atoms with Gasteiger partial charge < -0.3 is 10.2 Å². The first-order chi connectivity index (χ1) is 14.2. The van der Waals surface area contributed by atoms with Crippen LogP contribution in [0.5, 0.6) is 0 Å². The third-order valence-electron chi connectivity index (χ3n) is 10.7. The average Bonchev–Trinajstić information content (AvgIpc) is 3.16. The van der Waals surface area contributed by atoms with Gasteiger partial charge in [0.15, 0.2) is 0 Å². The summed E-state index contributed by atoms with van der Waals surface area (Å²) in [6.07, 6.45) is 15.6. The van der Waals surface area contributed by atoms with Crippen molar-refractivity contribution in [1.82, 2.24) is 0 Å². The van der Waals surface area contributed by atoms with Gasteiger partial charge in [0.2, 0.25) is 0 Å². The van der Waals surface area contributed by atoms with Crippen molar-refractivity contribution < 1.29 is 10.2 Å². The van der Waals surface area contributed by atoms with E-state index in [0.717, 1.165) is 61.2 Å². The molecule has 2 nitrogen and oxygen atoms in total. The molecule has 9 atom stereocenters. The monoisotopic (exact) mass is 416 g/mol. The Morgan fingerprint density at radius 3 is 2.43 bits per heavy atom. The molecule has 4 aliphatic carbocycles. The summed E-state index contributed by atoms with van der Waals surface area (Å²) in [7, 11) is 0. The van der Waals surface area contributed by atoms with Crippen LogP contribution in [0.2, 0.25) is 0 Å². The molecule has 2 heteroatoms. The first-order valence-electron chi connectivity index (χ1n) is 13.3. The predicted molar refractivity (Wildman–Crippen MR) is 125 cm³/mol. The Morgan fingerprint density at radius 1 is 1.00 bits per heavy atom. The van der Waals surface area contributed by atoms with Crippen LogP contribution in [0, 0.1) is 46.8 Å². The fourth-order valence-corrected chi connectivity index (χ4v) is 8.40. The second-order valence-electron chi connectivity index (χ2n) is 12.4. The summed E-state index contributed by atoms with van der Waals surface area (Å²) in [5.41, 5.74) is 1.51. The first-order valence-corrected chi connectivity index (χ1v) is 13.3. The van der Waals surface area contributed by atoms with Crippen molar-refractivity contribution in [2.75, 3.05) is 0 Å². The normalized spacial score (nSPS) is 45.3. The van der Waals surface area contributed by atoms with Gasteiger partial charge in [-0.1, -0.05) is 46.3 Å². The van der Waals surface area contributed by atoms with Gasteiger partial charge >= 0.3 is 0 Å². The molecule has 0 aromatic rings. The van der Waals surface area contributed by atoms with Crippen LogP contribution in [0.4, 0.5) is 0 Å². The zero-order valence-electron chi connectivity index (χ0n) is 20.4. The Labute approximate surface area is 185 Å². The highest BCUT2D eigenvalue weighted by Crippen LogP contribution is 2.63. The molecule has 0 saturated heterocycles. The van der Waals surface area contributed by atoms with E-state index in [2.05, 4.69) is 40.7 Å². The van der Waals surface area contributed by atoms with Gasteiger partial charge in [0.1, 0.15) is 0 Å². The van der Waals surface area contributed by atoms with Crippen molar-refractivity contribution in [3.63, 3.8) is 0 Å². The van der Waals surface area contributed by atoms with Crippen LogP contribution >= 0.6 is 0 Å². The summed E-state index contributed by atoms with van der Waals surface area (Å²) >= 11 is 0. The van der Waals surface area contributed by atoms with E-state index < -0.39 is 5.60 Å². The van der Waals surface area contributed by atoms with Crippen molar-refractivity contribution in [1.29, 1.82) is 0 Å². The molecule has 0 heterocycles. The SMILES string of the molecule is CC[C@]1(O)CC[C@@]2(C)C(=CCC3C4CC[C@H]([C@H](C)CC[C@@H](O)C(C)C)[C@H]4CCC32)C1. The van der Waals surface area contributed by atoms with Gasteiger partial charge in [-0.3, -0.25) is 0 Å². The lowest BCUT2D eigenvalue weighted by molar-refractivity contribution is -0.0526. The minimum Gasteiger partial charge on any atom is -0.393 e. The van der Waals surface area contributed by atoms with Gasteiger partial charge in [-0.2, -0.15) is 0 Å². The van der Waals surface area contributed by atoms with E-state index in [1.807, 2.05) is 0 Å². The van der Waals surface area contributed by atoms with E-state index in [-0.39, 0.29) is 6.10 Å². The Balaban J connectivity index is 1.44. The third kappa shape index (κ3) is 3.94. The van der Waals surface area contributed by atoms with Crippen LogP contribution in [0.1, 0.15) is 105 Å². The highest BCUT2D eigenvalue weighted by atomic mass is 16.3. The molecule has 3 unspecified atom stereocenters. The maximum Gasteiger partial charge on any atom is 0.0682 e. The third-order valence-corrected chi connectivity index (χ3v) is 10.7. The molecule has 0 aliphatic heterocycles. The Morgan fingerprint density at radius 2 is 1.73 bits per heavy atom. The minimum atomic E-state index is -0.441. The van der Waals surface area contributed by atoms with Gasteiger partial charge in [0.05, 0.1) is 11.7 Å². The number of hydrogen-bond donors (Lipinski definition) is 2. The van der Waals surface area contributed by atoms with Crippen molar-refractivity contribution in [3.8, 4) is 0 Å². The molecule has 3 fully saturated rings. The molecule has 0 bridgehead atoms. The number of rotatable bonds is 6. The zero-order valence-corrected chi connectivity index (χ0v) is 20.4. The summed E-state index contributed by atoms with van der Waals surface area (Å²) in [5, 5.41) is 21.2. The van der Waals surface area contributed by atoms with Gasteiger partial charge in [-0.05, 0) is 117 Å². The molecule has 4 aliphatic rings. The second kappa shape index (κ2) is 8.54. The molecule has 3 saturated carbocycles. The number of hydrogen-bond acceptors (Lipinski definition) is 2. The second-order valence-corrected chi connectivity index (χ2v) is 12.4. The summed E-state index contributed by atoms with van der Waals surface area (Å²) in [4.78, 5) is 0. The van der Waals surface area contributed by atoms with E-state index in [4.69, 9.17) is 0 Å². The quantitative estimate of drug-likeness (QED) is 0.470. The number of allylic oxidation sites excluding steroid dienone is 1. The van der Waals surface area contributed by atoms with Gasteiger partial charge in [-0.25, -0.2) is 0 Å². The predicted octanol–water partition coefficient (Wildman–Crippen LogP) is 6.75. The molecule has 2 N–H and O–H groups in total. The van der Waals surface area contributed by atoms with Crippen LogP contribution in [-0.2, 0) is 0 Å². The Kier molecular flexibility index (Phi) is 6.50. The van der Waals surface area contributed by atoms with Crippen LogP contribution in [0.25, 0.3) is 0 Å². The first kappa shape index (κ1) is 22.8. The van der Waals surface area contributed by atoms with E-state index in [1.54, 1.807) is 5.57 Å². The van der Waals surface area contributed by atoms with Crippen molar-refractivity contribution in [3.05, 3.63) is 11.6 Å². The Hall–Kier alpha value is -0.340. The van der Waals surface area contributed by atoms with Crippen molar-refractivity contribution in [2.45, 2.75) is 117 Å². The van der Waals surface area contributed by atoms with Crippen molar-refractivity contribution >= 4 is 0 Å². The van der Waals surface area contributed by atoms with Gasteiger partial charge in [0.25, 0.3) is 0 Å². The molecule has 172 valence electrons. The summed E-state index contributed by atoms with van der Waals surface area (Å²) < 4.78 is 0. The molecular formula is C28H48O2. The topological polar surface area (TPSA) is 40.5 Å². The smallest absolute Gasteiger partial charge is 0.0682 e. The summed E-state index contributed by atoms with van der Waals surface area (Å²) in [6.45, 7) is 11.5. The lowest BCUT2D eigenvalue weighted by Gasteiger charge is -2.57. The molecule has 4 rings (SSSR count). The van der Waals surface area contributed by atoms with E-state index in [1.165, 1.54) is 44.9 Å². The Bertz CT molecular complexity index is 639. The number of fused-ring (bicyclic) bond motifs is 5. The largest absolute Gasteiger partial charge is 0.393 e. The molecule has 0 spiro atoms. The number of aliphatic hydroxyl groups is 2. The minimum absolute atomic E-state index is 0.129. The highest BCUT2D eigenvalue weighted by molar-refractivity contribution is 5.26. The highest BCUT2D eigenvalue weighted by Gasteiger charge is 2.55. The molecule has 0 amide bonds. The summed E-state index contributed by atoms with van der Waals surface area (Å²) in [6, 6.07) is 0. The van der Waals surface area contributed by atoms with Crippen LogP contribution in [0.15, 0.2) is 11.6 Å². The zero-order chi connectivity index (χ0) is 21.7. The molecule has 0 aromatic carbocycles. The molecule has 30 heavy (non-hydrogen) atoms. The maximum absolute atomic E-state index is 10.9. The van der Waals surface area contributed by atoms with Crippen molar-refractivity contribution in [2.24, 2.45) is 46.8 Å². The lowest BCUT2D eigenvalue weighted by Crippen LogP contribution is -2.50. The number of aliphatic hydroxyl groups excluding tert-OH is 1. The van der Waals surface area contributed by atoms with E-state index in [0.29, 0.717) is 11.3 Å².